The standard InChI is InChI=1S/C8H7F3N2O/c9-5-3-4(7(12)13)1-2-6(5)14-8(10)11/h1-3,8H,(H3,12,13). The SMILES string of the molecule is N=C(N)c1ccc(OC(F)F)c(F)c1. The van der Waals surface area contributed by atoms with Crippen LogP contribution in [-0.4, -0.2) is 12.4 Å². The van der Waals surface area contributed by atoms with Gasteiger partial charge in [0.05, 0.1) is 0 Å². The summed E-state index contributed by atoms with van der Waals surface area (Å²) in [6.07, 6.45) is 0. The Balaban J connectivity index is 2.95. The van der Waals surface area contributed by atoms with E-state index in [4.69, 9.17) is 11.1 Å². The lowest BCUT2D eigenvalue weighted by Crippen LogP contribution is -2.12. The molecule has 0 aliphatic rings. The van der Waals surface area contributed by atoms with Gasteiger partial charge in [-0.1, -0.05) is 0 Å². The van der Waals surface area contributed by atoms with Crippen molar-refractivity contribution in [2.24, 2.45) is 5.73 Å². The minimum Gasteiger partial charge on any atom is -0.432 e. The van der Waals surface area contributed by atoms with Gasteiger partial charge in [-0.2, -0.15) is 8.78 Å². The number of benzene rings is 1. The molecule has 0 spiro atoms. The van der Waals surface area contributed by atoms with Gasteiger partial charge in [0.15, 0.2) is 11.6 Å². The number of nitrogen functional groups attached to an aromatic ring is 1. The fourth-order valence-electron chi connectivity index (χ4n) is 0.860. The van der Waals surface area contributed by atoms with Gasteiger partial charge in [0, 0.05) is 5.56 Å². The van der Waals surface area contributed by atoms with Gasteiger partial charge >= 0.3 is 6.61 Å². The molecule has 0 saturated heterocycles. The highest BCUT2D eigenvalue weighted by Gasteiger charge is 2.10. The van der Waals surface area contributed by atoms with E-state index in [-0.39, 0.29) is 11.4 Å². The quantitative estimate of drug-likeness (QED) is 0.581. The Morgan fingerprint density at radius 1 is 1.43 bits per heavy atom. The van der Waals surface area contributed by atoms with Gasteiger partial charge in [-0.05, 0) is 18.2 Å². The van der Waals surface area contributed by atoms with E-state index in [1.807, 2.05) is 0 Å². The summed E-state index contributed by atoms with van der Waals surface area (Å²) in [7, 11) is 0. The number of halogens is 3. The van der Waals surface area contributed by atoms with Gasteiger partial charge < -0.3 is 10.5 Å². The molecule has 1 aromatic rings. The molecule has 0 heterocycles. The molecule has 6 heteroatoms. The van der Waals surface area contributed by atoms with Crippen LogP contribution in [-0.2, 0) is 0 Å². The van der Waals surface area contributed by atoms with E-state index < -0.39 is 18.2 Å². The van der Waals surface area contributed by atoms with Crippen LogP contribution in [0.15, 0.2) is 18.2 Å². The van der Waals surface area contributed by atoms with Crippen LogP contribution in [0.25, 0.3) is 0 Å². The van der Waals surface area contributed by atoms with Crippen molar-refractivity contribution >= 4 is 5.84 Å². The molecule has 1 rings (SSSR count). The van der Waals surface area contributed by atoms with Crippen molar-refractivity contribution in [2.45, 2.75) is 6.61 Å². The third kappa shape index (κ3) is 2.38. The van der Waals surface area contributed by atoms with Crippen LogP contribution >= 0.6 is 0 Å². The number of hydrogen-bond donors (Lipinski definition) is 2. The number of nitrogens with one attached hydrogen (secondary N) is 1. The van der Waals surface area contributed by atoms with Crippen molar-refractivity contribution in [3.8, 4) is 5.75 Å². The second-order valence-corrected chi connectivity index (χ2v) is 2.44. The maximum atomic E-state index is 13.0. The Hall–Kier alpha value is -1.72. The van der Waals surface area contributed by atoms with Gasteiger partial charge in [-0.3, -0.25) is 5.41 Å². The predicted octanol–water partition coefficient (Wildman–Crippen LogP) is 1.71. The fourth-order valence-corrected chi connectivity index (χ4v) is 0.860. The molecule has 1 aromatic carbocycles. The zero-order chi connectivity index (χ0) is 10.7. The summed E-state index contributed by atoms with van der Waals surface area (Å²) in [5, 5.41) is 6.97. The first-order chi connectivity index (χ1) is 6.50. The molecule has 3 nitrogen and oxygen atoms in total. The summed E-state index contributed by atoms with van der Waals surface area (Å²) in [4.78, 5) is 0. The summed E-state index contributed by atoms with van der Waals surface area (Å²) < 4.78 is 40.2. The maximum absolute atomic E-state index is 13.0. The monoisotopic (exact) mass is 204 g/mol. The Morgan fingerprint density at radius 3 is 2.50 bits per heavy atom. The third-order valence-corrected chi connectivity index (χ3v) is 1.46. The Kier molecular flexibility index (Phi) is 2.95. The predicted molar refractivity (Wildman–Crippen MR) is 44.0 cm³/mol. The van der Waals surface area contributed by atoms with E-state index in [9.17, 15) is 13.2 Å². The first-order valence-corrected chi connectivity index (χ1v) is 3.59. The molecule has 0 amide bonds. The van der Waals surface area contributed by atoms with E-state index in [2.05, 4.69) is 4.74 Å². The average molecular weight is 204 g/mol. The van der Waals surface area contributed by atoms with Gasteiger partial charge in [0.1, 0.15) is 5.84 Å². The zero-order valence-corrected chi connectivity index (χ0v) is 6.93. The van der Waals surface area contributed by atoms with E-state index in [0.29, 0.717) is 0 Å². The summed E-state index contributed by atoms with van der Waals surface area (Å²) >= 11 is 0. The fraction of sp³-hybridized carbons (Fsp3) is 0.125. The molecule has 14 heavy (non-hydrogen) atoms. The second-order valence-electron chi connectivity index (χ2n) is 2.44. The molecule has 0 aromatic heterocycles. The summed E-state index contributed by atoms with van der Waals surface area (Å²) in [6, 6.07) is 3.08. The van der Waals surface area contributed by atoms with E-state index in [0.717, 1.165) is 12.1 Å². The molecule has 3 N–H and O–H groups in total. The third-order valence-electron chi connectivity index (χ3n) is 1.46. The molecular formula is C8H7F3N2O. The van der Waals surface area contributed by atoms with Crippen molar-refractivity contribution in [1.82, 2.24) is 0 Å². The number of alkyl halides is 2. The molecule has 0 aliphatic carbocycles. The van der Waals surface area contributed by atoms with Crippen molar-refractivity contribution in [3.63, 3.8) is 0 Å². The van der Waals surface area contributed by atoms with Crippen LogP contribution in [0, 0.1) is 11.2 Å². The highest BCUT2D eigenvalue weighted by atomic mass is 19.3. The smallest absolute Gasteiger partial charge is 0.387 e. The summed E-state index contributed by atoms with van der Waals surface area (Å²) in [5.74, 6) is -1.88. The first kappa shape index (κ1) is 10.4. The van der Waals surface area contributed by atoms with Crippen molar-refractivity contribution < 1.29 is 17.9 Å². The number of hydrogen-bond acceptors (Lipinski definition) is 2. The van der Waals surface area contributed by atoms with E-state index in [1.54, 1.807) is 0 Å². The first-order valence-electron chi connectivity index (χ1n) is 3.59. The van der Waals surface area contributed by atoms with Crippen molar-refractivity contribution in [3.05, 3.63) is 29.6 Å². The maximum Gasteiger partial charge on any atom is 0.387 e. The number of amidine groups is 1. The van der Waals surface area contributed by atoms with Gasteiger partial charge in [-0.25, -0.2) is 4.39 Å². The Morgan fingerprint density at radius 2 is 2.07 bits per heavy atom. The molecular weight excluding hydrogens is 197 g/mol. The largest absolute Gasteiger partial charge is 0.432 e. The topological polar surface area (TPSA) is 59.1 Å². The van der Waals surface area contributed by atoms with E-state index in [1.165, 1.54) is 6.07 Å². The van der Waals surface area contributed by atoms with Crippen LogP contribution in [0.4, 0.5) is 13.2 Å². The van der Waals surface area contributed by atoms with Gasteiger partial charge in [-0.15, -0.1) is 0 Å². The van der Waals surface area contributed by atoms with Crippen LogP contribution in [0.3, 0.4) is 0 Å². The van der Waals surface area contributed by atoms with Gasteiger partial charge in [0.2, 0.25) is 0 Å². The molecule has 0 fully saturated rings. The number of rotatable bonds is 3. The number of nitrogens with two attached hydrogens (primary N) is 1. The highest BCUT2D eigenvalue weighted by Crippen LogP contribution is 2.19. The number of ether oxygens (including phenoxy) is 1. The lowest BCUT2D eigenvalue weighted by atomic mass is 10.2. The highest BCUT2D eigenvalue weighted by molar-refractivity contribution is 5.95. The lowest BCUT2D eigenvalue weighted by Gasteiger charge is -2.06. The lowest BCUT2D eigenvalue weighted by molar-refractivity contribution is -0.0521. The van der Waals surface area contributed by atoms with Crippen LogP contribution in [0.1, 0.15) is 5.56 Å². The second kappa shape index (κ2) is 3.99. The van der Waals surface area contributed by atoms with Crippen LogP contribution < -0.4 is 10.5 Å². The molecule has 0 radical (unpaired) electrons. The Labute approximate surface area is 77.8 Å². The average Bonchev–Trinajstić information content (AvgIpc) is 2.07. The van der Waals surface area contributed by atoms with Crippen molar-refractivity contribution in [2.75, 3.05) is 0 Å². The van der Waals surface area contributed by atoms with Crippen LogP contribution in [0.2, 0.25) is 0 Å². The molecule has 0 atom stereocenters. The molecule has 0 saturated carbocycles. The van der Waals surface area contributed by atoms with Crippen LogP contribution in [0.5, 0.6) is 5.75 Å². The van der Waals surface area contributed by atoms with Gasteiger partial charge in [0.25, 0.3) is 0 Å². The molecule has 0 unspecified atom stereocenters. The normalized spacial score (nSPS) is 10.3. The molecule has 0 bridgehead atoms. The summed E-state index contributed by atoms with van der Waals surface area (Å²) in [6.45, 7) is -3.08. The van der Waals surface area contributed by atoms with E-state index >= 15 is 0 Å². The molecule has 76 valence electrons. The molecule has 0 aliphatic heterocycles. The minimum atomic E-state index is -3.08. The van der Waals surface area contributed by atoms with Crippen molar-refractivity contribution in [1.29, 1.82) is 5.41 Å². The Bertz CT molecular complexity index is 354. The summed E-state index contributed by atoms with van der Waals surface area (Å²) in [5.41, 5.74) is 5.18. The minimum absolute atomic E-state index is 0.115. The zero-order valence-electron chi connectivity index (χ0n) is 6.93.